The molecule has 0 amide bonds. The van der Waals surface area contributed by atoms with Crippen molar-refractivity contribution in [3.63, 3.8) is 0 Å². The van der Waals surface area contributed by atoms with Gasteiger partial charge in [-0.3, -0.25) is 0 Å². The molecular formula is C12H19N3O. The first-order valence-electron chi connectivity index (χ1n) is 6.21. The SMILES string of the molecule is CC(C)C1CC(N)(c2noc(C3CC3)n2)C1. The molecule has 0 atom stereocenters. The van der Waals surface area contributed by atoms with Gasteiger partial charge in [0.1, 0.15) is 0 Å². The molecule has 0 radical (unpaired) electrons. The third-order valence-corrected chi connectivity index (χ3v) is 4.01. The summed E-state index contributed by atoms with van der Waals surface area (Å²) in [7, 11) is 0. The highest BCUT2D eigenvalue weighted by Gasteiger charge is 2.47. The summed E-state index contributed by atoms with van der Waals surface area (Å²) >= 11 is 0. The second-order valence-corrected chi connectivity index (χ2v) is 5.80. The van der Waals surface area contributed by atoms with E-state index in [0.717, 1.165) is 24.6 Å². The normalized spacial score (nSPS) is 34.1. The van der Waals surface area contributed by atoms with Crippen LogP contribution in [0.15, 0.2) is 4.52 Å². The summed E-state index contributed by atoms with van der Waals surface area (Å²) in [6, 6.07) is 0. The zero-order chi connectivity index (χ0) is 11.3. The summed E-state index contributed by atoms with van der Waals surface area (Å²) in [5.74, 6) is 3.46. The van der Waals surface area contributed by atoms with Gasteiger partial charge in [-0.15, -0.1) is 0 Å². The molecule has 0 aliphatic heterocycles. The van der Waals surface area contributed by atoms with Crippen LogP contribution in [0.3, 0.4) is 0 Å². The van der Waals surface area contributed by atoms with Gasteiger partial charge in [0.25, 0.3) is 0 Å². The quantitative estimate of drug-likeness (QED) is 0.849. The number of hydrogen-bond donors (Lipinski definition) is 1. The van der Waals surface area contributed by atoms with Gasteiger partial charge < -0.3 is 10.3 Å². The molecule has 2 N–H and O–H groups in total. The molecule has 2 aliphatic carbocycles. The van der Waals surface area contributed by atoms with Gasteiger partial charge in [-0.25, -0.2) is 0 Å². The molecule has 0 unspecified atom stereocenters. The van der Waals surface area contributed by atoms with E-state index in [0.29, 0.717) is 17.8 Å². The average molecular weight is 221 g/mol. The van der Waals surface area contributed by atoms with Crippen LogP contribution < -0.4 is 5.73 Å². The van der Waals surface area contributed by atoms with Gasteiger partial charge in [0.05, 0.1) is 5.54 Å². The van der Waals surface area contributed by atoms with Crippen molar-refractivity contribution in [2.75, 3.05) is 0 Å². The van der Waals surface area contributed by atoms with Crippen LogP contribution in [0.25, 0.3) is 0 Å². The van der Waals surface area contributed by atoms with Crippen molar-refractivity contribution in [2.45, 2.75) is 51.0 Å². The Hall–Kier alpha value is -0.900. The number of nitrogens with two attached hydrogens (primary N) is 1. The highest BCUT2D eigenvalue weighted by Crippen LogP contribution is 2.47. The smallest absolute Gasteiger partial charge is 0.229 e. The Balaban J connectivity index is 1.72. The van der Waals surface area contributed by atoms with Gasteiger partial charge in [-0.2, -0.15) is 4.98 Å². The predicted octanol–water partition coefficient (Wildman–Crippen LogP) is 2.17. The molecule has 0 saturated heterocycles. The minimum Gasteiger partial charge on any atom is -0.339 e. The molecule has 0 bridgehead atoms. The molecule has 3 rings (SSSR count). The van der Waals surface area contributed by atoms with E-state index in [9.17, 15) is 0 Å². The minimum absolute atomic E-state index is 0.314. The maximum Gasteiger partial charge on any atom is 0.229 e. The van der Waals surface area contributed by atoms with Crippen LogP contribution in [-0.2, 0) is 5.54 Å². The summed E-state index contributed by atoms with van der Waals surface area (Å²) in [5.41, 5.74) is 5.99. The molecule has 1 aromatic rings. The Morgan fingerprint density at radius 2 is 2.06 bits per heavy atom. The fraction of sp³-hybridized carbons (Fsp3) is 0.833. The third kappa shape index (κ3) is 1.56. The van der Waals surface area contributed by atoms with Crippen LogP contribution in [0.4, 0.5) is 0 Å². The van der Waals surface area contributed by atoms with Crippen molar-refractivity contribution < 1.29 is 4.52 Å². The van der Waals surface area contributed by atoms with Crippen LogP contribution in [0.2, 0.25) is 0 Å². The lowest BCUT2D eigenvalue weighted by Gasteiger charge is -2.44. The molecule has 0 spiro atoms. The molecule has 2 saturated carbocycles. The van der Waals surface area contributed by atoms with Crippen LogP contribution >= 0.6 is 0 Å². The maximum atomic E-state index is 6.30. The molecule has 1 heterocycles. The van der Waals surface area contributed by atoms with Gasteiger partial charge in [0.15, 0.2) is 5.82 Å². The predicted molar refractivity (Wildman–Crippen MR) is 59.7 cm³/mol. The van der Waals surface area contributed by atoms with Crippen molar-refractivity contribution in [1.82, 2.24) is 10.1 Å². The van der Waals surface area contributed by atoms with Gasteiger partial charge >= 0.3 is 0 Å². The van der Waals surface area contributed by atoms with Crippen molar-refractivity contribution in [3.05, 3.63) is 11.7 Å². The fourth-order valence-corrected chi connectivity index (χ4v) is 2.46. The van der Waals surface area contributed by atoms with Crippen molar-refractivity contribution in [2.24, 2.45) is 17.6 Å². The number of aromatic nitrogens is 2. The molecule has 1 aromatic heterocycles. The maximum absolute atomic E-state index is 6.30. The summed E-state index contributed by atoms with van der Waals surface area (Å²) in [6.45, 7) is 4.49. The van der Waals surface area contributed by atoms with Crippen molar-refractivity contribution >= 4 is 0 Å². The summed E-state index contributed by atoms with van der Waals surface area (Å²) < 4.78 is 5.27. The molecule has 2 fully saturated rings. The summed E-state index contributed by atoms with van der Waals surface area (Å²) in [4.78, 5) is 4.46. The van der Waals surface area contributed by atoms with Crippen LogP contribution in [0, 0.1) is 11.8 Å². The molecule has 88 valence electrons. The monoisotopic (exact) mass is 221 g/mol. The lowest BCUT2D eigenvalue weighted by Crippen LogP contribution is -2.51. The molecule has 4 heteroatoms. The Bertz CT molecular complexity index is 389. The topological polar surface area (TPSA) is 64.9 Å². The van der Waals surface area contributed by atoms with E-state index >= 15 is 0 Å². The first kappa shape index (κ1) is 10.3. The second kappa shape index (κ2) is 3.29. The number of rotatable bonds is 3. The first-order chi connectivity index (χ1) is 7.58. The average Bonchev–Trinajstić information content (AvgIpc) is 2.91. The molecule has 2 aliphatic rings. The van der Waals surface area contributed by atoms with Crippen LogP contribution in [-0.4, -0.2) is 10.1 Å². The molecule has 4 nitrogen and oxygen atoms in total. The summed E-state index contributed by atoms with van der Waals surface area (Å²) in [6.07, 6.45) is 4.37. The standard InChI is InChI=1S/C12H19N3O/c1-7(2)9-5-12(13,6-9)11-14-10(16-15-11)8-3-4-8/h7-9H,3-6,13H2,1-2H3. The zero-order valence-corrected chi connectivity index (χ0v) is 9.94. The Morgan fingerprint density at radius 1 is 1.38 bits per heavy atom. The van der Waals surface area contributed by atoms with E-state index in [2.05, 4.69) is 24.0 Å². The van der Waals surface area contributed by atoms with Gasteiger partial charge in [0.2, 0.25) is 5.89 Å². The Kier molecular flexibility index (Phi) is 2.11. The van der Waals surface area contributed by atoms with Gasteiger partial charge in [-0.1, -0.05) is 19.0 Å². The van der Waals surface area contributed by atoms with E-state index in [-0.39, 0.29) is 5.54 Å². The van der Waals surface area contributed by atoms with Gasteiger partial charge in [-0.05, 0) is 37.5 Å². The van der Waals surface area contributed by atoms with Crippen LogP contribution in [0.5, 0.6) is 0 Å². The number of hydrogen-bond acceptors (Lipinski definition) is 4. The zero-order valence-electron chi connectivity index (χ0n) is 9.94. The lowest BCUT2D eigenvalue weighted by atomic mass is 9.64. The molecule has 16 heavy (non-hydrogen) atoms. The Labute approximate surface area is 95.6 Å². The number of nitrogens with zero attached hydrogens (tertiary/aromatic N) is 2. The van der Waals surface area contributed by atoms with E-state index in [1.165, 1.54) is 12.8 Å². The van der Waals surface area contributed by atoms with E-state index in [4.69, 9.17) is 10.3 Å². The van der Waals surface area contributed by atoms with Gasteiger partial charge in [0, 0.05) is 5.92 Å². The lowest BCUT2D eigenvalue weighted by molar-refractivity contribution is 0.0944. The Morgan fingerprint density at radius 3 is 2.62 bits per heavy atom. The highest BCUT2D eigenvalue weighted by atomic mass is 16.5. The van der Waals surface area contributed by atoms with E-state index in [1.807, 2.05) is 0 Å². The molecule has 0 aromatic carbocycles. The van der Waals surface area contributed by atoms with Crippen LogP contribution in [0.1, 0.15) is 57.2 Å². The van der Waals surface area contributed by atoms with E-state index < -0.39 is 0 Å². The fourth-order valence-electron chi connectivity index (χ4n) is 2.46. The third-order valence-electron chi connectivity index (χ3n) is 4.01. The first-order valence-corrected chi connectivity index (χ1v) is 6.21. The van der Waals surface area contributed by atoms with E-state index in [1.54, 1.807) is 0 Å². The largest absolute Gasteiger partial charge is 0.339 e. The van der Waals surface area contributed by atoms with Crippen molar-refractivity contribution in [3.8, 4) is 0 Å². The van der Waals surface area contributed by atoms with Crippen molar-refractivity contribution in [1.29, 1.82) is 0 Å². The second-order valence-electron chi connectivity index (χ2n) is 5.80. The highest BCUT2D eigenvalue weighted by molar-refractivity contribution is 5.13. The minimum atomic E-state index is -0.314. The summed E-state index contributed by atoms with van der Waals surface area (Å²) in [5, 5.41) is 4.05. The molecular weight excluding hydrogens is 202 g/mol.